The molecule has 10 heteroatoms. The van der Waals surface area contributed by atoms with Gasteiger partial charge < -0.3 is 15.7 Å². The number of anilines is 2. The molecule has 158 valence electrons. The van der Waals surface area contributed by atoms with Crippen molar-refractivity contribution in [1.29, 1.82) is 0 Å². The average Bonchev–Trinajstić information content (AvgIpc) is 2.57. The first kappa shape index (κ1) is 23.3. The Bertz CT molecular complexity index is 889. The molecule has 1 amide bonds. The van der Waals surface area contributed by atoms with E-state index in [0.717, 1.165) is 18.2 Å². The summed E-state index contributed by atoms with van der Waals surface area (Å²) in [4.78, 5) is 12.0. The van der Waals surface area contributed by atoms with Gasteiger partial charge in [0.15, 0.2) is 0 Å². The molecule has 3 N–H and O–H groups in total. The number of alkyl halides is 3. The molecule has 0 aliphatic carbocycles. The molecule has 0 bridgehead atoms. The van der Waals surface area contributed by atoms with Crippen LogP contribution in [0.3, 0.4) is 0 Å². The summed E-state index contributed by atoms with van der Waals surface area (Å²) in [7, 11) is 0. The van der Waals surface area contributed by atoms with E-state index in [-0.39, 0.29) is 39.9 Å². The minimum atomic E-state index is -4.61. The third-order valence-corrected chi connectivity index (χ3v) is 4.35. The maximum absolute atomic E-state index is 14.1. The van der Waals surface area contributed by atoms with Crippen LogP contribution in [0.5, 0.6) is 0 Å². The Labute approximate surface area is 174 Å². The van der Waals surface area contributed by atoms with Crippen LogP contribution < -0.4 is 10.6 Å². The number of hydrogen-bond donors (Lipinski definition) is 3. The van der Waals surface area contributed by atoms with Gasteiger partial charge in [0.05, 0.1) is 33.3 Å². The van der Waals surface area contributed by atoms with Gasteiger partial charge in [0.2, 0.25) is 5.91 Å². The molecule has 4 nitrogen and oxygen atoms in total. The summed E-state index contributed by atoms with van der Waals surface area (Å²) < 4.78 is 52.5. The molecule has 2 aromatic carbocycles. The Kier molecular flexibility index (Phi) is 7.03. The van der Waals surface area contributed by atoms with Gasteiger partial charge in [-0.2, -0.15) is 13.2 Å². The Morgan fingerprint density at radius 2 is 1.69 bits per heavy atom. The highest BCUT2D eigenvalue weighted by molar-refractivity contribution is 6.39. The van der Waals surface area contributed by atoms with Gasteiger partial charge in [-0.25, -0.2) is 4.39 Å². The number of aliphatic hydroxyl groups is 1. The van der Waals surface area contributed by atoms with Crippen molar-refractivity contribution in [3.8, 4) is 0 Å². The summed E-state index contributed by atoms with van der Waals surface area (Å²) in [5.41, 5.74) is -1.78. The molecule has 29 heavy (non-hydrogen) atoms. The maximum atomic E-state index is 14.1. The van der Waals surface area contributed by atoms with E-state index < -0.39 is 29.1 Å². The maximum Gasteiger partial charge on any atom is 0.416 e. The molecule has 0 spiro atoms. The molecule has 0 aliphatic heterocycles. The Balaban J connectivity index is 2.21. The summed E-state index contributed by atoms with van der Waals surface area (Å²) in [5, 5.41) is 14.3. The van der Waals surface area contributed by atoms with E-state index in [4.69, 9.17) is 23.2 Å². The highest BCUT2D eigenvalue weighted by Crippen LogP contribution is 2.39. The van der Waals surface area contributed by atoms with Gasteiger partial charge in [0.1, 0.15) is 5.82 Å². The monoisotopic (exact) mass is 452 g/mol. The molecule has 2 rings (SSSR count). The zero-order chi connectivity index (χ0) is 22.0. The highest BCUT2D eigenvalue weighted by Gasteiger charge is 2.32. The zero-order valence-corrected chi connectivity index (χ0v) is 16.9. The fourth-order valence-electron chi connectivity index (χ4n) is 2.34. The summed E-state index contributed by atoms with van der Waals surface area (Å²) in [5.74, 6) is -1.15. The van der Waals surface area contributed by atoms with E-state index in [9.17, 15) is 27.5 Å². The van der Waals surface area contributed by atoms with Gasteiger partial charge in [-0.05, 0) is 49.7 Å². The normalized spacial score (nSPS) is 12.0. The predicted octanol–water partition coefficient (Wildman–Crippen LogP) is 5.32. The van der Waals surface area contributed by atoms with E-state index in [1.165, 1.54) is 26.0 Å². The van der Waals surface area contributed by atoms with E-state index in [0.29, 0.717) is 0 Å². The lowest BCUT2D eigenvalue weighted by Gasteiger charge is -2.18. The molecule has 0 fully saturated rings. The lowest BCUT2D eigenvalue weighted by Crippen LogP contribution is -2.38. The third kappa shape index (κ3) is 6.76. The number of benzene rings is 2. The Morgan fingerprint density at radius 1 is 1.10 bits per heavy atom. The van der Waals surface area contributed by atoms with Gasteiger partial charge in [-0.15, -0.1) is 0 Å². The van der Waals surface area contributed by atoms with Crippen molar-refractivity contribution in [2.45, 2.75) is 32.0 Å². The SMILES string of the molecule is CC(C)(O)CNC(=O)Cc1cc(Nc2c(Cl)cc(C(F)(F)F)cc2Cl)ccc1F. The number of rotatable bonds is 6. The second kappa shape index (κ2) is 8.77. The first-order valence-electron chi connectivity index (χ1n) is 8.37. The zero-order valence-electron chi connectivity index (χ0n) is 15.4. The first-order chi connectivity index (χ1) is 13.3. The second-order valence-corrected chi connectivity index (χ2v) is 7.82. The van der Waals surface area contributed by atoms with Gasteiger partial charge in [0.25, 0.3) is 0 Å². The lowest BCUT2D eigenvalue weighted by atomic mass is 10.1. The summed E-state index contributed by atoms with van der Waals surface area (Å²) in [6.45, 7) is 3.01. The summed E-state index contributed by atoms with van der Waals surface area (Å²) >= 11 is 11.8. The quantitative estimate of drug-likeness (QED) is 0.519. The van der Waals surface area contributed by atoms with Crippen LogP contribution >= 0.6 is 23.2 Å². The van der Waals surface area contributed by atoms with Crippen molar-refractivity contribution in [1.82, 2.24) is 5.32 Å². The average molecular weight is 453 g/mol. The molecule has 0 aromatic heterocycles. The molecule has 0 saturated heterocycles. The number of halogens is 6. The smallest absolute Gasteiger partial charge is 0.389 e. The van der Waals surface area contributed by atoms with Crippen LogP contribution in [-0.4, -0.2) is 23.2 Å². The van der Waals surface area contributed by atoms with Crippen molar-refractivity contribution in [3.05, 3.63) is 57.3 Å². The minimum absolute atomic E-state index is 0.0117. The summed E-state index contributed by atoms with van der Waals surface area (Å²) in [6.07, 6.45) is -4.91. The topological polar surface area (TPSA) is 61.4 Å². The molecular weight excluding hydrogens is 435 g/mol. The number of hydrogen-bond acceptors (Lipinski definition) is 3. The van der Waals surface area contributed by atoms with Crippen LogP contribution in [0.15, 0.2) is 30.3 Å². The van der Waals surface area contributed by atoms with E-state index in [1.54, 1.807) is 0 Å². The molecule has 0 aliphatic rings. The Morgan fingerprint density at radius 3 is 2.21 bits per heavy atom. The van der Waals surface area contributed by atoms with Crippen LogP contribution in [0.1, 0.15) is 25.0 Å². The van der Waals surface area contributed by atoms with Gasteiger partial charge in [-0.3, -0.25) is 4.79 Å². The number of nitrogens with one attached hydrogen (secondary N) is 2. The molecule has 0 unspecified atom stereocenters. The van der Waals surface area contributed by atoms with Crippen molar-refractivity contribution < 1.29 is 27.5 Å². The number of amides is 1. The second-order valence-electron chi connectivity index (χ2n) is 7.01. The van der Waals surface area contributed by atoms with E-state index in [2.05, 4.69) is 10.6 Å². The van der Waals surface area contributed by atoms with Crippen molar-refractivity contribution in [2.24, 2.45) is 0 Å². The fraction of sp³-hybridized carbons (Fsp3) is 0.316. The highest BCUT2D eigenvalue weighted by atomic mass is 35.5. The third-order valence-electron chi connectivity index (χ3n) is 3.75. The van der Waals surface area contributed by atoms with Crippen LogP contribution in [0.25, 0.3) is 0 Å². The standard InChI is InChI=1S/C19H18Cl2F4N2O2/c1-18(2,29)9-26-16(28)6-10-5-12(3-4-15(10)22)27-17-13(20)7-11(8-14(17)21)19(23,24)25/h3-5,7-8,27,29H,6,9H2,1-2H3,(H,26,28). The van der Waals surface area contributed by atoms with E-state index in [1.807, 2.05) is 0 Å². The van der Waals surface area contributed by atoms with Crippen LogP contribution in [0, 0.1) is 5.82 Å². The van der Waals surface area contributed by atoms with Crippen LogP contribution in [-0.2, 0) is 17.4 Å². The van der Waals surface area contributed by atoms with Gasteiger partial charge in [-0.1, -0.05) is 23.2 Å². The number of carbonyl (C=O) groups excluding carboxylic acids is 1. The Hall–Kier alpha value is -2.03. The summed E-state index contributed by atoms with van der Waals surface area (Å²) in [6, 6.07) is 5.21. The van der Waals surface area contributed by atoms with Gasteiger partial charge in [0, 0.05) is 12.2 Å². The molecule has 0 atom stereocenters. The molecule has 2 aromatic rings. The van der Waals surface area contributed by atoms with Crippen LogP contribution in [0.2, 0.25) is 10.0 Å². The van der Waals surface area contributed by atoms with Crippen LogP contribution in [0.4, 0.5) is 28.9 Å². The van der Waals surface area contributed by atoms with Crippen molar-refractivity contribution in [2.75, 3.05) is 11.9 Å². The lowest BCUT2D eigenvalue weighted by molar-refractivity contribution is -0.137. The minimum Gasteiger partial charge on any atom is -0.389 e. The number of carbonyl (C=O) groups is 1. The predicted molar refractivity (Wildman–Crippen MR) is 104 cm³/mol. The van der Waals surface area contributed by atoms with Gasteiger partial charge >= 0.3 is 6.18 Å². The molecule has 0 heterocycles. The largest absolute Gasteiger partial charge is 0.416 e. The van der Waals surface area contributed by atoms with E-state index >= 15 is 0 Å². The fourth-order valence-corrected chi connectivity index (χ4v) is 2.92. The van der Waals surface area contributed by atoms with Crippen molar-refractivity contribution in [3.63, 3.8) is 0 Å². The molecular formula is C19H18Cl2F4N2O2. The first-order valence-corrected chi connectivity index (χ1v) is 9.12. The van der Waals surface area contributed by atoms with Crippen molar-refractivity contribution >= 4 is 40.5 Å². The molecule has 0 saturated carbocycles. The molecule has 0 radical (unpaired) electrons.